The molecule has 0 N–H and O–H groups in total. The lowest BCUT2D eigenvalue weighted by atomic mass is 10.1. The number of benzene rings is 1. The Morgan fingerprint density at radius 1 is 1.17 bits per heavy atom. The summed E-state index contributed by atoms with van der Waals surface area (Å²) in [5.74, 6) is 3.92. The van der Waals surface area contributed by atoms with E-state index in [-0.39, 0.29) is 11.3 Å². The molecule has 0 saturated carbocycles. The first-order chi connectivity index (χ1) is 11.7. The molecule has 1 heterocycles. The highest BCUT2D eigenvalue weighted by Crippen LogP contribution is 2.26. The van der Waals surface area contributed by atoms with E-state index in [1.807, 2.05) is 12.1 Å². The van der Waals surface area contributed by atoms with Crippen LogP contribution in [0.3, 0.4) is 0 Å². The third-order valence-corrected chi connectivity index (χ3v) is 4.80. The minimum Gasteiger partial charge on any atom is -0.205 e. The van der Waals surface area contributed by atoms with E-state index in [1.165, 1.54) is 16.9 Å². The molecule has 0 radical (unpaired) electrons. The van der Waals surface area contributed by atoms with Crippen LogP contribution in [0.15, 0.2) is 40.9 Å². The van der Waals surface area contributed by atoms with Crippen LogP contribution in [0.2, 0.25) is 0 Å². The molecule has 1 aliphatic carbocycles. The third kappa shape index (κ3) is 4.04. The predicted molar refractivity (Wildman–Crippen MR) is 97.0 cm³/mol. The van der Waals surface area contributed by atoms with Crippen LogP contribution in [0.25, 0.3) is 0 Å². The Hall–Kier alpha value is -2.12. The van der Waals surface area contributed by atoms with Gasteiger partial charge in [-0.25, -0.2) is 8.78 Å². The summed E-state index contributed by atoms with van der Waals surface area (Å²) in [6.07, 6.45) is 6.79. The summed E-state index contributed by atoms with van der Waals surface area (Å²) >= 11 is 5.99. The number of nitrogens with zero attached hydrogens (tertiary/aromatic N) is 1. The quantitative estimate of drug-likeness (QED) is 0.292. The van der Waals surface area contributed by atoms with Gasteiger partial charge in [-0.2, -0.15) is 4.99 Å². The van der Waals surface area contributed by atoms with E-state index in [9.17, 15) is 8.78 Å². The molecule has 2 aromatic rings. The molecule has 3 rings (SSSR count). The molecular weight excluding hydrogens is 344 g/mol. The summed E-state index contributed by atoms with van der Waals surface area (Å²) < 4.78 is 27.9. The van der Waals surface area contributed by atoms with E-state index in [0.717, 1.165) is 36.3 Å². The molecule has 1 aromatic heterocycles. The lowest BCUT2D eigenvalue weighted by Crippen LogP contribution is -1.89. The standard InChI is InChI=1S/C19H13F2NS2/c20-18-10-14(22-12-23)11-19(21)17(18)8-7-15-5-6-16(24-15)9-13-3-1-2-4-13/h3,5-6,10-11H,1-2,4,9H2. The highest BCUT2D eigenvalue weighted by molar-refractivity contribution is 7.78. The second kappa shape index (κ2) is 7.63. The summed E-state index contributed by atoms with van der Waals surface area (Å²) in [6, 6.07) is 6.11. The van der Waals surface area contributed by atoms with Gasteiger partial charge in [0.2, 0.25) is 0 Å². The molecule has 0 aliphatic heterocycles. The smallest absolute Gasteiger partial charge is 0.143 e. The van der Waals surface area contributed by atoms with Gasteiger partial charge in [0.1, 0.15) is 11.6 Å². The van der Waals surface area contributed by atoms with Crippen molar-refractivity contribution < 1.29 is 8.78 Å². The van der Waals surface area contributed by atoms with Crippen LogP contribution in [0.1, 0.15) is 34.6 Å². The molecule has 0 bridgehead atoms. The van der Waals surface area contributed by atoms with Crippen LogP contribution in [-0.4, -0.2) is 5.16 Å². The fraction of sp³-hybridized carbons (Fsp3) is 0.211. The number of hydrogen-bond acceptors (Lipinski definition) is 3. The summed E-state index contributed by atoms with van der Waals surface area (Å²) in [6.45, 7) is 0. The van der Waals surface area contributed by atoms with Gasteiger partial charge in [0.05, 0.1) is 21.3 Å². The summed E-state index contributed by atoms with van der Waals surface area (Å²) in [7, 11) is 0. The first-order valence-corrected chi connectivity index (χ1v) is 8.74. The lowest BCUT2D eigenvalue weighted by molar-refractivity contribution is 0.578. The predicted octanol–water partition coefficient (Wildman–Crippen LogP) is 5.81. The molecule has 1 aliphatic rings. The molecule has 0 spiro atoms. The Morgan fingerprint density at radius 2 is 1.96 bits per heavy atom. The molecule has 1 aromatic carbocycles. The van der Waals surface area contributed by atoms with E-state index in [1.54, 1.807) is 11.3 Å². The molecule has 0 amide bonds. The van der Waals surface area contributed by atoms with Crippen LogP contribution in [0.4, 0.5) is 14.5 Å². The average Bonchev–Trinajstić information content (AvgIpc) is 3.19. The maximum Gasteiger partial charge on any atom is 0.143 e. The first kappa shape index (κ1) is 16.7. The number of allylic oxidation sites excluding steroid dienone is 2. The fourth-order valence-electron chi connectivity index (χ4n) is 2.58. The van der Waals surface area contributed by atoms with Crippen molar-refractivity contribution in [2.24, 2.45) is 4.99 Å². The summed E-state index contributed by atoms with van der Waals surface area (Å²) in [5, 5.41) is 2.08. The zero-order valence-corrected chi connectivity index (χ0v) is 14.4. The van der Waals surface area contributed by atoms with Crippen LogP contribution in [0, 0.1) is 23.5 Å². The lowest BCUT2D eigenvalue weighted by Gasteiger charge is -1.98. The molecule has 120 valence electrons. The van der Waals surface area contributed by atoms with Gasteiger partial charge in [-0.15, -0.1) is 11.3 Å². The van der Waals surface area contributed by atoms with E-state index >= 15 is 0 Å². The maximum atomic E-state index is 13.9. The van der Waals surface area contributed by atoms with Gasteiger partial charge < -0.3 is 0 Å². The average molecular weight is 357 g/mol. The SMILES string of the molecule is Fc1cc(N=C=S)cc(F)c1C#Cc1ccc(CC2=CCCC2)s1. The first-order valence-electron chi connectivity index (χ1n) is 7.51. The van der Waals surface area contributed by atoms with Gasteiger partial charge in [0.15, 0.2) is 0 Å². The van der Waals surface area contributed by atoms with Crippen molar-refractivity contribution in [3.05, 3.63) is 62.9 Å². The number of aliphatic imine (C=N–C) groups is 1. The number of hydrogen-bond donors (Lipinski definition) is 0. The van der Waals surface area contributed by atoms with Crippen LogP contribution in [-0.2, 0) is 6.42 Å². The van der Waals surface area contributed by atoms with Gasteiger partial charge in [0, 0.05) is 23.4 Å². The molecule has 0 saturated heterocycles. The Kier molecular flexibility index (Phi) is 5.32. The molecule has 0 unspecified atom stereocenters. The van der Waals surface area contributed by atoms with Gasteiger partial charge in [0.25, 0.3) is 0 Å². The Bertz CT molecular complexity index is 886. The molecule has 5 heteroatoms. The molecule has 0 fully saturated rings. The van der Waals surface area contributed by atoms with Gasteiger partial charge in [-0.05, 0) is 43.6 Å². The van der Waals surface area contributed by atoms with Crippen molar-refractivity contribution in [1.29, 1.82) is 0 Å². The second-order valence-corrected chi connectivity index (χ2v) is 6.79. The van der Waals surface area contributed by atoms with Crippen molar-refractivity contribution in [2.75, 3.05) is 0 Å². The van der Waals surface area contributed by atoms with E-state index in [2.05, 4.69) is 40.3 Å². The van der Waals surface area contributed by atoms with Gasteiger partial charge >= 0.3 is 0 Å². The van der Waals surface area contributed by atoms with E-state index in [4.69, 9.17) is 0 Å². The Labute approximate surface area is 148 Å². The number of rotatable bonds is 3. The number of isothiocyanates is 1. The minimum absolute atomic E-state index is 0.0915. The van der Waals surface area contributed by atoms with Gasteiger partial charge in [-0.3, -0.25) is 0 Å². The highest BCUT2D eigenvalue weighted by atomic mass is 32.1. The number of thiophene rings is 1. The van der Waals surface area contributed by atoms with Crippen molar-refractivity contribution in [3.8, 4) is 11.8 Å². The molecular formula is C19H13F2NS2. The largest absolute Gasteiger partial charge is 0.205 e. The fourth-order valence-corrected chi connectivity index (χ4v) is 3.60. The number of halogens is 2. The van der Waals surface area contributed by atoms with Gasteiger partial charge in [-0.1, -0.05) is 23.5 Å². The maximum absolute atomic E-state index is 13.9. The molecule has 24 heavy (non-hydrogen) atoms. The summed E-state index contributed by atoms with van der Waals surface area (Å²) in [5.41, 5.74) is 1.30. The Balaban J connectivity index is 1.80. The van der Waals surface area contributed by atoms with Crippen LogP contribution in [0.5, 0.6) is 0 Å². The van der Waals surface area contributed by atoms with Crippen molar-refractivity contribution in [3.63, 3.8) is 0 Å². The van der Waals surface area contributed by atoms with Crippen LogP contribution < -0.4 is 0 Å². The second-order valence-electron chi connectivity index (χ2n) is 5.43. The minimum atomic E-state index is -0.751. The number of thiocarbonyl (C=S) groups is 1. The van der Waals surface area contributed by atoms with E-state index in [0.29, 0.717) is 0 Å². The Morgan fingerprint density at radius 3 is 2.62 bits per heavy atom. The topological polar surface area (TPSA) is 12.4 Å². The van der Waals surface area contributed by atoms with Crippen molar-refractivity contribution >= 4 is 34.4 Å². The van der Waals surface area contributed by atoms with Crippen molar-refractivity contribution in [1.82, 2.24) is 0 Å². The highest BCUT2D eigenvalue weighted by Gasteiger charge is 2.10. The normalized spacial score (nSPS) is 13.0. The van der Waals surface area contributed by atoms with Crippen molar-refractivity contribution in [2.45, 2.75) is 25.7 Å². The third-order valence-electron chi connectivity index (χ3n) is 3.71. The molecule has 1 nitrogen and oxygen atoms in total. The monoisotopic (exact) mass is 357 g/mol. The molecule has 0 atom stereocenters. The zero-order valence-electron chi connectivity index (χ0n) is 12.7. The van der Waals surface area contributed by atoms with Crippen LogP contribution >= 0.6 is 23.6 Å². The van der Waals surface area contributed by atoms with E-state index < -0.39 is 11.6 Å². The zero-order chi connectivity index (χ0) is 16.9. The summed E-state index contributed by atoms with van der Waals surface area (Å²) in [4.78, 5) is 5.59.